The molecule has 0 unspecified atom stereocenters. The van der Waals surface area contributed by atoms with Crippen molar-refractivity contribution >= 4 is 38.3 Å². The maximum Gasteiger partial charge on any atom is 0.268 e. The smallest absolute Gasteiger partial charge is 0.268 e. The highest BCUT2D eigenvalue weighted by atomic mass is 32.2. The monoisotopic (exact) mass is 542 g/mol. The molecule has 3 aromatic rings. The van der Waals surface area contributed by atoms with Gasteiger partial charge in [-0.05, 0) is 49.2 Å². The first-order chi connectivity index (χ1) is 17.7. The summed E-state index contributed by atoms with van der Waals surface area (Å²) in [4.78, 5) is 12.5. The molecule has 1 heterocycles. The number of amides is 1. The molecule has 0 spiro atoms. The molecule has 0 atom stereocenters. The Hall–Kier alpha value is -3.95. The van der Waals surface area contributed by atoms with Gasteiger partial charge in [0.2, 0.25) is 19.3 Å². The molecule has 0 bridgehead atoms. The molecule has 0 saturated heterocycles. The largest absolute Gasteiger partial charge is 0.493 e. The Morgan fingerprint density at radius 2 is 1.81 bits per heavy atom. The second-order valence-electron chi connectivity index (χ2n) is 7.72. The topological polar surface area (TPSA) is 140 Å². The van der Waals surface area contributed by atoms with Gasteiger partial charge in [-0.2, -0.15) is 5.26 Å². The number of rotatable bonds is 12. The van der Waals surface area contributed by atoms with E-state index in [1.54, 1.807) is 18.2 Å². The van der Waals surface area contributed by atoms with Crippen LogP contribution in [-0.2, 0) is 14.6 Å². The average Bonchev–Trinajstić information content (AvgIpc) is 3.34. The number of nitrogens with zero attached hydrogens (tertiary/aromatic N) is 3. The molecule has 2 aromatic carbocycles. The second kappa shape index (κ2) is 12.8. The van der Waals surface area contributed by atoms with Crippen molar-refractivity contribution in [1.29, 1.82) is 5.26 Å². The SMILES string of the molecule is CCOc1cc(/C=C(/C#N)C(=O)Nc2nnc(S(C)(=O)=O)s2)ccc1OCCCOc1ccccc1C. The quantitative estimate of drug-likeness (QED) is 0.155. The predicted octanol–water partition coefficient (Wildman–Crippen LogP) is 4.04. The normalized spacial score (nSPS) is 11.5. The third-order valence-corrected chi connectivity index (χ3v) is 7.29. The van der Waals surface area contributed by atoms with E-state index in [9.17, 15) is 18.5 Å². The zero-order valence-corrected chi connectivity index (χ0v) is 22.2. The van der Waals surface area contributed by atoms with Crippen LogP contribution in [0.3, 0.4) is 0 Å². The van der Waals surface area contributed by atoms with E-state index >= 15 is 0 Å². The number of nitriles is 1. The Labute approximate surface area is 219 Å². The van der Waals surface area contributed by atoms with Crippen LogP contribution < -0.4 is 19.5 Å². The van der Waals surface area contributed by atoms with Gasteiger partial charge in [0.05, 0.1) is 19.8 Å². The number of aromatic nitrogens is 2. The molecule has 0 aliphatic rings. The number of anilines is 1. The number of hydrogen-bond acceptors (Lipinski definition) is 10. The van der Waals surface area contributed by atoms with Gasteiger partial charge in [-0.1, -0.05) is 35.6 Å². The van der Waals surface area contributed by atoms with Gasteiger partial charge in [0.15, 0.2) is 11.5 Å². The number of benzene rings is 2. The lowest BCUT2D eigenvalue weighted by Crippen LogP contribution is -2.13. The number of aryl methyl sites for hydroxylation is 1. The zero-order valence-electron chi connectivity index (χ0n) is 20.6. The van der Waals surface area contributed by atoms with Gasteiger partial charge >= 0.3 is 0 Å². The van der Waals surface area contributed by atoms with Crippen LogP contribution in [0.1, 0.15) is 24.5 Å². The van der Waals surface area contributed by atoms with Gasteiger partial charge < -0.3 is 14.2 Å². The summed E-state index contributed by atoms with van der Waals surface area (Å²) in [5.74, 6) is 1.09. The summed E-state index contributed by atoms with van der Waals surface area (Å²) in [6.45, 7) is 5.12. The fourth-order valence-electron chi connectivity index (χ4n) is 3.03. The predicted molar refractivity (Wildman–Crippen MR) is 140 cm³/mol. The van der Waals surface area contributed by atoms with Gasteiger partial charge in [0.25, 0.3) is 5.91 Å². The van der Waals surface area contributed by atoms with E-state index < -0.39 is 15.7 Å². The van der Waals surface area contributed by atoms with Gasteiger partial charge in [-0.3, -0.25) is 10.1 Å². The van der Waals surface area contributed by atoms with Crippen molar-refractivity contribution in [3.8, 4) is 23.3 Å². The summed E-state index contributed by atoms with van der Waals surface area (Å²) in [7, 11) is -3.55. The number of hydrogen-bond donors (Lipinski definition) is 1. The minimum absolute atomic E-state index is 0.0308. The molecule has 12 heteroatoms. The molecular formula is C25H26N4O6S2. The van der Waals surface area contributed by atoms with Crippen molar-refractivity contribution in [2.75, 3.05) is 31.4 Å². The minimum atomic E-state index is -3.55. The average molecular weight is 543 g/mol. The van der Waals surface area contributed by atoms with Crippen LogP contribution >= 0.6 is 11.3 Å². The molecule has 0 aliphatic carbocycles. The van der Waals surface area contributed by atoms with Crippen molar-refractivity contribution in [2.24, 2.45) is 0 Å². The van der Waals surface area contributed by atoms with Crippen molar-refractivity contribution in [1.82, 2.24) is 10.2 Å². The Bertz CT molecular complexity index is 1430. The fourth-order valence-corrected chi connectivity index (χ4v) is 4.54. The highest BCUT2D eigenvalue weighted by Crippen LogP contribution is 2.30. The van der Waals surface area contributed by atoms with Crippen LogP contribution in [0.4, 0.5) is 5.13 Å². The van der Waals surface area contributed by atoms with Crippen molar-refractivity contribution in [3.05, 3.63) is 59.2 Å². The highest BCUT2D eigenvalue weighted by molar-refractivity contribution is 7.92. The number of nitrogens with one attached hydrogen (secondary N) is 1. The summed E-state index contributed by atoms with van der Waals surface area (Å²) in [5.41, 5.74) is 1.40. The fraction of sp³-hybridized carbons (Fsp3) is 0.280. The first kappa shape index (κ1) is 27.6. The molecule has 0 aliphatic heterocycles. The van der Waals surface area contributed by atoms with Gasteiger partial charge in [-0.25, -0.2) is 8.42 Å². The lowest BCUT2D eigenvalue weighted by molar-refractivity contribution is -0.112. The number of ether oxygens (including phenoxy) is 3. The van der Waals surface area contributed by atoms with E-state index in [0.717, 1.165) is 17.6 Å². The van der Waals surface area contributed by atoms with Crippen molar-refractivity contribution in [2.45, 2.75) is 24.6 Å². The lowest BCUT2D eigenvalue weighted by atomic mass is 10.1. The zero-order chi connectivity index (χ0) is 26.8. The summed E-state index contributed by atoms with van der Waals surface area (Å²) >= 11 is 0.699. The van der Waals surface area contributed by atoms with Gasteiger partial charge in [-0.15, -0.1) is 10.2 Å². The van der Waals surface area contributed by atoms with E-state index in [1.165, 1.54) is 6.08 Å². The molecule has 1 N–H and O–H groups in total. The van der Waals surface area contributed by atoms with Crippen molar-refractivity contribution < 1.29 is 27.4 Å². The van der Waals surface area contributed by atoms with Crippen LogP contribution in [0.2, 0.25) is 0 Å². The number of carbonyl (C=O) groups excluding carboxylic acids is 1. The highest BCUT2D eigenvalue weighted by Gasteiger charge is 2.18. The van der Waals surface area contributed by atoms with Crippen LogP contribution in [0.25, 0.3) is 6.08 Å². The molecule has 3 rings (SSSR count). The molecule has 1 aromatic heterocycles. The molecule has 0 radical (unpaired) electrons. The number of para-hydroxylation sites is 1. The molecule has 0 saturated carbocycles. The van der Waals surface area contributed by atoms with Crippen LogP contribution in [-0.4, -0.2) is 50.6 Å². The standard InChI is InChI=1S/C25H26N4O6S2/c1-4-33-22-15-18(10-11-21(22)35-13-7-12-34-20-9-6-5-8-17(20)2)14-19(16-26)23(30)27-24-28-29-25(36-24)37(3,31)32/h5-6,8-11,14-15H,4,7,12-13H2,1-3H3,(H,27,28,30)/b19-14-. The summed E-state index contributed by atoms with van der Waals surface area (Å²) in [5, 5.41) is 19.0. The van der Waals surface area contributed by atoms with Crippen LogP contribution in [0, 0.1) is 18.3 Å². The minimum Gasteiger partial charge on any atom is -0.493 e. The molecule has 0 fully saturated rings. The summed E-state index contributed by atoms with van der Waals surface area (Å²) in [6.07, 6.45) is 3.03. The third-order valence-electron chi connectivity index (χ3n) is 4.79. The molecule has 10 nitrogen and oxygen atoms in total. The van der Waals surface area contributed by atoms with Crippen molar-refractivity contribution in [3.63, 3.8) is 0 Å². The maximum absolute atomic E-state index is 12.5. The van der Waals surface area contributed by atoms with Gasteiger partial charge in [0.1, 0.15) is 17.4 Å². The van der Waals surface area contributed by atoms with Crippen LogP contribution in [0.15, 0.2) is 52.4 Å². The summed E-state index contributed by atoms with van der Waals surface area (Å²) in [6, 6.07) is 14.7. The Morgan fingerprint density at radius 3 is 2.46 bits per heavy atom. The van der Waals surface area contributed by atoms with Gasteiger partial charge in [0, 0.05) is 12.7 Å². The van der Waals surface area contributed by atoms with E-state index in [1.807, 2.05) is 44.2 Å². The molecule has 37 heavy (non-hydrogen) atoms. The van der Waals surface area contributed by atoms with E-state index in [0.29, 0.717) is 54.6 Å². The maximum atomic E-state index is 12.5. The van der Waals surface area contributed by atoms with E-state index in [4.69, 9.17) is 14.2 Å². The Kier molecular flexibility index (Phi) is 9.59. The number of sulfone groups is 1. The molecular weight excluding hydrogens is 516 g/mol. The number of carbonyl (C=O) groups is 1. The van der Waals surface area contributed by atoms with Crippen LogP contribution in [0.5, 0.6) is 17.2 Å². The summed E-state index contributed by atoms with van der Waals surface area (Å²) < 4.78 is 40.2. The molecule has 1 amide bonds. The second-order valence-corrected chi connectivity index (χ2v) is 10.9. The Balaban J connectivity index is 1.63. The van der Waals surface area contributed by atoms with E-state index in [-0.39, 0.29) is 15.0 Å². The lowest BCUT2D eigenvalue weighted by Gasteiger charge is -2.13. The van der Waals surface area contributed by atoms with E-state index in [2.05, 4.69) is 15.5 Å². The third kappa shape index (κ3) is 8.03. The first-order valence-electron chi connectivity index (χ1n) is 11.3. The first-order valence-corrected chi connectivity index (χ1v) is 14.0. The Morgan fingerprint density at radius 1 is 1.08 bits per heavy atom. The molecule has 194 valence electrons.